The fourth-order valence-corrected chi connectivity index (χ4v) is 3.87. The van der Waals surface area contributed by atoms with Crippen molar-refractivity contribution in [3.8, 4) is 5.75 Å². The lowest BCUT2D eigenvalue weighted by atomic mass is 10.1. The number of amides is 2. The number of anilines is 1. The molecular weight excluding hydrogens is 424 g/mol. The first-order valence-corrected chi connectivity index (χ1v) is 11.0. The first-order valence-electron chi connectivity index (χ1n) is 11.0. The lowest BCUT2D eigenvalue weighted by Crippen LogP contribution is -2.38. The molecule has 0 aliphatic carbocycles. The molecule has 1 N–H and O–H groups in total. The van der Waals surface area contributed by atoms with Gasteiger partial charge in [-0.05, 0) is 49.1 Å². The number of methoxy groups -OCH3 is 1. The molecule has 33 heavy (non-hydrogen) atoms. The van der Waals surface area contributed by atoms with Crippen LogP contribution in [0, 0.1) is 17.0 Å². The van der Waals surface area contributed by atoms with E-state index >= 15 is 0 Å². The summed E-state index contributed by atoms with van der Waals surface area (Å²) in [6.45, 7) is 4.57. The lowest BCUT2D eigenvalue weighted by Gasteiger charge is -2.22. The van der Waals surface area contributed by atoms with Gasteiger partial charge in [-0.2, -0.15) is 0 Å². The topological polar surface area (TPSA) is 105 Å². The second kappa shape index (κ2) is 11.4. The van der Waals surface area contributed by atoms with Crippen LogP contribution in [-0.4, -0.2) is 66.4 Å². The third kappa shape index (κ3) is 7.01. The SMILES string of the molecule is COc1ccc(CCC(=O)N2CCCN(CC(=O)Nc3ccc([N+](=O)[O-])cc3C)CC2)cc1. The summed E-state index contributed by atoms with van der Waals surface area (Å²) in [6.07, 6.45) is 1.93. The van der Waals surface area contributed by atoms with Crippen LogP contribution in [0.2, 0.25) is 0 Å². The number of benzene rings is 2. The predicted molar refractivity (Wildman–Crippen MR) is 125 cm³/mol. The van der Waals surface area contributed by atoms with Crippen LogP contribution in [0.4, 0.5) is 11.4 Å². The molecule has 2 aromatic rings. The number of carbonyl (C=O) groups is 2. The van der Waals surface area contributed by atoms with Crippen LogP contribution in [0.3, 0.4) is 0 Å². The maximum absolute atomic E-state index is 12.7. The zero-order valence-corrected chi connectivity index (χ0v) is 19.1. The second-order valence-corrected chi connectivity index (χ2v) is 8.16. The summed E-state index contributed by atoms with van der Waals surface area (Å²) in [6, 6.07) is 12.1. The minimum absolute atomic E-state index is 0.00485. The van der Waals surface area contributed by atoms with E-state index in [2.05, 4.69) is 5.32 Å². The van der Waals surface area contributed by atoms with Gasteiger partial charge in [0.15, 0.2) is 0 Å². The van der Waals surface area contributed by atoms with Gasteiger partial charge in [-0.1, -0.05) is 12.1 Å². The van der Waals surface area contributed by atoms with Crippen LogP contribution < -0.4 is 10.1 Å². The van der Waals surface area contributed by atoms with Gasteiger partial charge in [0.05, 0.1) is 18.6 Å². The number of aryl methyl sites for hydroxylation is 2. The monoisotopic (exact) mass is 454 g/mol. The smallest absolute Gasteiger partial charge is 0.269 e. The Morgan fingerprint density at radius 2 is 1.85 bits per heavy atom. The van der Waals surface area contributed by atoms with Gasteiger partial charge in [0.25, 0.3) is 5.69 Å². The maximum atomic E-state index is 12.7. The normalized spacial score (nSPS) is 14.4. The Labute approximate surface area is 193 Å². The molecule has 1 fully saturated rings. The first-order chi connectivity index (χ1) is 15.9. The minimum Gasteiger partial charge on any atom is -0.497 e. The Morgan fingerprint density at radius 3 is 2.52 bits per heavy atom. The number of nitro groups is 1. The molecule has 0 aromatic heterocycles. The van der Waals surface area contributed by atoms with Crippen LogP contribution >= 0.6 is 0 Å². The van der Waals surface area contributed by atoms with Crippen molar-refractivity contribution in [1.29, 1.82) is 0 Å². The highest BCUT2D eigenvalue weighted by molar-refractivity contribution is 5.93. The number of hydrogen-bond donors (Lipinski definition) is 1. The summed E-state index contributed by atoms with van der Waals surface area (Å²) in [5, 5.41) is 13.7. The van der Waals surface area contributed by atoms with Crippen molar-refractivity contribution in [2.45, 2.75) is 26.2 Å². The van der Waals surface area contributed by atoms with Gasteiger partial charge in [0.1, 0.15) is 5.75 Å². The van der Waals surface area contributed by atoms with E-state index in [1.807, 2.05) is 34.1 Å². The van der Waals surface area contributed by atoms with Crippen molar-refractivity contribution in [3.63, 3.8) is 0 Å². The molecule has 1 aliphatic rings. The third-order valence-corrected chi connectivity index (χ3v) is 5.79. The average Bonchev–Trinajstić information content (AvgIpc) is 3.04. The van der Waals surface area contributed by atoms with Gasteiger partial charge >= 0.3 is 0 Å². The number of nitrogens with one attached hydrogen (secondary N) is 1. The molecule has 1 heterocycles. The van der Waals surface area contributed by atoms with Crippen molar-refractivity contribution in [2.24, 2.45) is 0 Å². The molecule has 0 bridgehead atoms. The molecule has 3 rings (SSSR count). The molecule has 1 saturated heterocycles. The van der Waals surface area contributed by atoms with E-state index in [4.69, 9.17) is 4.74 Å². The van der Waals surface area contributed by atoms with Crippen molar-refractivity contribution in [3.05, 3.63) is 63.7 Å². The standard InChI is InChI=1S/C24H30N4O5/c1-18-16-20(28(31)32)7-10-22(18)25-23(29)17-26-12-3-13-27(15-14-26)24(30)11-6-19-4-8-21(33-2)9-5-19/h4-5,7-10,16H,3,6,11-15,17H2,1-2H3,(H,25,29). The Bertz CT molecular complexity index is 993. The molecule has 0 spiro atoms. The van der Waals surface area contributed by atoms with Crippen LogP contribution in [0.5, 0.6) is 5.75 Å². The summed E-state index contributed by atoms with van der Waals surface area (Å²) in [4.78, 5) is 39.5. The summed E-state index contributed by atoms with van der Waals surface area (Å²) < 4.78 is 5.16. The van der Waals surface area contributed by atoms with Gasteiger partial charge in [0, 0.05) is 50.4 Å². The first kappa shape index (κ1) is 24.2. The number of carbonyl (C=O) groups excluding carboxylic acids is 2. The maximum Gasteiger partial charge on any atom is 0.269 e. The van der Waals surface area contributed by atoms with Gasteiger partial charge < -0.3 is 15.0 Å². The molecule has 0 saturated carbocycles. The highest BCUT2D eigenvalue weighted by atomic mass is 16.6. The van der Waals surface area contributed by atoms with E-state index in [9.17, 15) is 19.7 Å². The van der Waals surface area contributed by atoms with Gasteiger partial charge in [-0.25, -0.2) is 0 Å². The average molecular weight is 455 g/mol. The summed E-state index contributed by atoms with van der Waals surface area (Å²) in [5.74, 6) is 0.746. The summed E-state index contributed by atoms with van der Waals surface area (Å²) >= 11 is 0. The van der Waals surface area contributed by atoms with Crippen molar-refractivity contribution in [1.82, 2.24) is 9.80 Å². The van der Waals surface area contributed by atoms with E-state index in [1.165, 1.54) is 12.1 Å². The van der Waals surface area contributed by atoms with Crippen LogP contribution in [0.1, 0.15) is 24.0 Å². The van der Waals surface area contributed by atoms with Gasteiger partial charge in [0.2, 0.25) is 11.8 Å². The van der Waals surface area contributed by atoms with Crippen LogP contribution in [0.15, 0.2) is 42.5 Å². The zero-order chi connectivity index (χ0) is 23.8. The van der Waals surface area contributed by atoms with Gasteiger partial charge in [-0.15, -0.1) is 0 Å². The van der Waals surface area contributed by atoms with Crippen molar-refractivity contribution < 1.29 is 19.2 Å². The van der Waals surface area contributed by atoms with Crippen molar-refractivity contribution in [2.75, 3.05) is 45.2 Å². The van der Waals surface area contributed by atoms with E-state index in [-0.39, 0.29) is 24.0 Å². The highest BCUT2D eigenvalue weighted by Gasteiger charge is 2.21. The van der Waals surface area contributed by atoms with Crippen molar-refractivity contribution >= 4 is 23.2 Å². The Hall–Kier alpha value is -3.46. The molecule has 9 heteroatoms. The molecule has 176 valence electrons. The largest absolute Gasteiger partial charge is 0.497 e. The zero-order valence-electron chi connectivity index (χ0n) is 19.1. The molecule has 9 nitrogen and oxygen atoms in total. The summed E-state index contributed by atoms with van der Waals surface area (Å²) in [7, 11) is 1.63. The highest BCUT2D eigenvalue weighted by Crippen LogP contribution is 2.21. The van der Waals surface area contributed by atoms with E-state index in [0.29, 0.717) is 43.7 Å². The third-order valence-electron chi connectivity index (χ3n) is 5.79. The van der Waals surface area contributed by atoms with E-state index < -0.39 is 4.92 Å². The molecule has 0 atom stereocenters. The number of rotatable bonds is 8. The number of non-ortho nitro benzene ring substituents is 1. The summed E-state index contributed by atoms with van der Waals surface area (Å²) in [5.41, 5.74) is 2.30. The van der Waals surface area contributed by atoms with Gasteiger partial charge in [-0.3, -0.25) is 24.6 Å². The minimum atomic E-state index is -0.458. The quantitative estimate of drug-likeness (QED) is 0.486. The number of nitro benzene ring substituents is 1. The van der Waals surface area contributed by atoms with Crippen LogP contribution in [0.25, 0.3) is 0 Å². The Morgan fingerprint density at radius 1 is 1.09 bits per heavy atom. The fourth-order valence-electron chi connectivity index (χ4n) is 3.87. The van der Waals surface area contributed by atoms with E-state index in [0.717, 1.165) is 24.3 Å². The molecule has 0 radical (unpaired) electrons. The molecule has 1 aliphatic heterocycles. The molecular formula is C24H30N4O5. The Kier molecular flexibility index (Phi) is 8.37. The fraction of sp³-hybridized carbons (Fsp3) is 0.417. The Balaban J connectivity index is 1.45. The molecule has 2 amide bonds. The lowest BCUT2D eigenvalue weighted by molar-refractivity contribution is -0.384. The number of hydrogen-bond acceptors (Lipinski definition) is 6. The van der Waals surface area contributed by atoms with Crippen LogP contribution in [-0.2, 0) is 16.0 Å². The molecule has 0 unspecified atom stereocenters. The predicted octanol–water partition coefficient (Wildman–Crippen LogP) is 3.02. The second-order valence-electron chi connectivity index (χ2n) is 8.16. The number of nitrogens with zero attached hydrogens (tertiary/aromatic N) is 3. The molecule has 2 aromatic carbocycles. The van der Waals surface area contributed by atoms with E-state index in [1.54, 1.807) is 20.1 Å². The number of ether oxygens (including phenoxy) is 1.